The second kappa shape index (κ2) is 6.39. The molecule has 0 spiro atoms. The zero-order valence-corrected chi connectivity index (χ0v) is 12.8. The highest BCUT2D eigenvalue weighted by molar-refractivity contribution is 6.06. The Labute approximate surface area is 129 Å². The molecule has 0 heterocycles. The molecule has 2 aromatic carbocycles. The number of benzene rings is 2. The number of amides is 1. The van der Waals surface area contributed by atoms with Crippen molar-refractivity contribution in [3.63, 3.8) is 0 Å². The molecular weight excluding hydrogens is 280 g/mol. The van der Waals surface area contributed by atoms with E-state index in [-0.39, 0.29) is 11.6 Å². The molecule has 0 radical (unpaired) electrons. The molecule has 0 saturated heterocycles. The first kappa shape index (κ1) is 15.7. The van der Waals surface area contributed by atoms with Crippen LogP contribution in [0.1, 0.15) is 34.0 Å². The average Bonchev–Trinajstić information content (AvgIpc) is 2.49. The van der Waals surface area contributed by atoms with Crippen molar-refractivity contribution in [2.24, 2.45) is 0 Å². The lowest BCUT2D eigenvalue weighted by Gasteiger charge is -2.14. The standard InChI is InChI=1S/C17H18N2O3/c1-4-13-8-5-7-11(2)16(13)18-17(20)14-9-6-10-15(12(14)3)19(21)22/h5-10H,4H2,1-3H3,(H,18,20). The largest absolute Gasteiger partial charge is 0.321 e. The lowest BCUT2D eigenvalue weighted by atomic mass is 10.0. The van der Waals surface area contributed by atoms with Gasteiger partial charge in [0.1, 0.15) is 0 Å². The van der Waals surface area contributed by atoms with Gasteiger partial charge in [0.15, 0.2) is 0 Å². The molecule has 2 aromatic rings. The van der Waals surface area contributed by atoms with Gasteiger partial charge in [-0.05, 0) is 37.5 Å². The summed E-state index contributed by atoms with van der Waals surface area (Å²) in [6.45, 7) is 5.53. The third-order valence-corrected chi connectivity index (χ3v) is 3.73. The quantitative estimate of drug-likeness (QED) is 0.684. The lowest BCUT2D eigenvalue weighted by Crippen LogP contribution is -2.16. The zero-order valence-electron chi connectivity index (χ0n) is 12.8. The molecule has 2 rings (SSSR count). The van der Waals surface area contributed by atoms with Crippen LogP contribution >= 0.6 is 0 Å². The van der Waals surface area contributed by atoms with Crippen molar-refractivity contribution in [1.29, 1.82) is 0 Å². The van der Waals surface area contributed by atoms with Crippen molar-refractivity contribution in [3.05, 3.63) is 68.8 Å². The van der Waals surface area contributed by atoms with Gasteiger partial charge in [-0.15, -0.1) is 0 Å². The van der Waals surface area contributed by atoms with E-state index in [1.165, 1.54) is 12.1 Å². The maximum atomic E-state index is 12.5. The van der Waals surface area contributed by atoms with Gasteiger partial charge in [-0.1, -0.05) is 31.2 Å². The Morgan fingerprint density at radius 3 is 2.50 bits per heavy atom. The summed E-state index contributed by atoms with van der Waals surface area (Å²) in [6, 6.07) is 10.4. The van der Waals surface area contributed by atoms with Crippen LogP contribution in [-0.4, -0.2) is 10.8 Å². The van der Waals surface area contributed by atoms with Crippen LogP contribution in [-0.2, 0) is 6.42 Å². The van der Waals surface area contributed by atoms with Gasteiger partial charge in [-0.2, -0.15) is 0 Å². The number of anilines is 1. The maximum absolute atomic E-state index is 12.5. The van der Waals surface area contributed by atoms with E-state index in [4.69, 9.17) is 0 Å². The highest BCUT2D eigenvalue weighted by Gasteiger charge is 2.19. The Morgan fingerprint density at radius 2 is 1.86 bits per heavy atom. The van der Waals surface area contributed by atoms with Crippen molar-refractivity contribution in [2.75, 3.05) is 5.32 Å². The fourth-order valence-electron chi connectivity index (χ4n) is 2.45. The van der Waals surface area contributed by atoms with Crippen LogP contribution in [0.5, 0.6) is 0 Å². The molecule has 0 bridgehead atoms. The van der Waals surface area contributed by atoms with Gasteiger partial charge in [0.25, 0.3) is 11.6 Å². The molecule has 0 aliphatic heterocycles. The number of carbonyl (C=O) groups excluding carboxylic acids is 1. The summed E-state index contributed by atoms with van der Waals surface area (Å²) in [6.07, 6.45) is 0.797. The first-order valence-corrected chi connectivity index (χ1v) is 7.09. The van der Waals surface area contributed by atoms with Crippen molar-refractivity contribution >= 4 is 17.3 Å². The van der Waals surface area contributed by atoms with Crippen LogP contribution in [0.15, 0.2) is 36.4 Å². The van der Waals surface area contributed by atoms with Gasteiger partial charge >= 0.3 is 0 Å². The molecule has 0 aliphatic carbocycles. The first-order chi connectivity index (χ1) is 10.5. The smallest absolute Gasteiger partial charge is 0.273 e. The summed E-state index contributed by atoms with van der Waals surface area (Å²) in [7, 11) is 0. The van der Waals surface area contributed by atoms with Crippen LogP contribution in [0.25, 0.3) is 0 Å². The minimum absolute atomic E-state index is 0.0480. The summed E-state index contributed by atoms with van der Waals surface area (Å²) in [5.74, 6) is -0.329. The molecule has 0 aliphatic rings. The summed E-state index contributed by atoms with van der Waals surface area (Å²) >= 11 is 0. The number of hydrogen-bond donors (Lipinski definition) is 1. The molecule has 0 saturated carbocycles. The van der Waals surface area contributed by atoms with Crippen LogP contribution in [0, 0.1) is 24.0 Å². The molecule has 0 atom stereocenters. The normalized spacial score (nSPS) is 10.3. The summed E-state index contributed by atoms with van der Waals surface area (Å²) < 4.78 is 0. The number of nitro groups is 1. The Balaban J connectivity index is 2.39. The van der Waals surface area contributed by atoms with Gasteiger partial charge in [0, 0.05) is 22.9 Å². The third kappa shape index (κ3) is 2.98. The number of carbonyl (C=O) groups is 1. The number of rotatable bonds is 4. The van der Waals surface area contributed by atoms with Gasteiger partial charge < -0.3 is 5.32 Å². The first-order valence-electron chi connectivity index (χ1n) is 7.09. The Bertz CT molecular complexity index is 739. The predicted molar refractivity (Wildman–Crippen MR) is 86.3 cm³/mol. The lowest BCUT2D eigenvalue weighted by molar-refractivity contribution is -0.385. The van der Waals surface area contributed by atoms with Crippen molar-refractivity contribution < 1.29 is 9.72 Å². The van der Waals surface area contributed by atoms with Crippen molar-refractivity contribution in [2.45, 2.75) is 27.2 Å². The van der Waals surface area contributed by atoms with E-state index in [0.717, 1.165) is 23.2 Å². The minimum atomic E-state index is -0.475. The van der Waals surface area contributed by atoms with E-state index < -0.39 is 4.92 Å². The minimum Gasteiger partial charge on any atom is -0.321 e. The molecule has 1 amide bonds. The fourth-order valence-corrected chi connectivity index (χ4v) is 2.45. The highest BCUT2D eigenvalue weighted by Crippen LogP contribution is 2.25. The molecule has 1 N–H and O–H groups in total. The number of nitrogens with one attached hydrogen (secondary N) is 1. The average molecular weight is 298 g/mol. The summed E-state index contributed by atoms with van der Waals surface area (Å²) in [5, 5.41) is 13.9. The Morgan fingerprint density at radius 1 is 1.18 bits per heavy atom. The van der Waals surface area contributed by atoms with Crippen LogP contribution < -0.4 is 5.32 Å². The summed E-state index contributed by atoms with van der Waals surface area (Å²) in [5.41, 5.74) is 3.43. The number of nitro benzene ring substituents is 1. The number of hydrogen-bond acceptors (Lipinski definition) is 3. The summed E-state index contributed by atoms with van der Waals surface area (Å²) in [4.78, 5) is 23.0. The second-order valence-electron chi connectivity index (χ2n) is 5.12. The van der Waals surface area contributed by atoms with E-state index in [1.807, 2.05) is 32.0 Å². The number of aryl methyl sites for hydroxylation is 2. The number of nitrogens with zero attached hydrogens (tertiary/aromatic N) is 1. The SMILES string of the molecule is CCc1cccc(C)c1NC(=O)c1cccc([N+](=O)[O-])c1C. The molecule has 114 valence electrons. The topological polar surface area (TPSA) is 72.2 Å². The maximum Gasteiger partial charge on any atom is 0.273 e. The van der Waals surface area contributed by atoms with Gasteiger partial charge in [0.2, 0.25) is 0 Å². The molecule has 22 heavy (non-hydrogen) atoms. The van der Waals surface area contributed by atoms with Gasteiger partial charge in [-0.3, -0.25) is 14.9 Å². The molecule has 0 unspecified atom stereocenters. The van der Waals surface area contributed by atoms with E-state index in [9.17, 15) is 14.9 Å². The molecule has 5 heteroatoms. The van der Waals surface area contributed by atoms with E-state index in [0.29, 0.717) is 11.1 Å². The van der Waals surface area contributed by atoms with Crippen LogP contribution in [0.3, 0.4) is 0 Å². The van der Waals surface area contributed by atoms with Gasteiger partial charge in [-0.25, -0.2) is 0 Å². The molecule has 0 fully saturated rings. The monoisotopic (exact) mass is 298 g/mol. The Kier molecular flexibility index (Phi) is 4.56. The van der Waals surface area contributed by atoms with E-state index in [2.05, 4.69) is 5.32 Å². The van der Waals surface area contributed by atoms with Gasteiger partial charge in [0.05, 0.1) is 4.92 Å². The molecular formula is C17H18N2O3. The third-order valence-electron chi connectivity index (χ3n) is 3.73. The van der Waals surface area contributed by atoms with Crippen molar-refractivity contribution in [1.82, 2.24) is 0 Å². The predicted octanol–water partition coefficient (Wildman–Crippen LogP) is 4.03. The van der Waals surface area contributed by atoms with Crippen LogP contribution in [0.2, 0.25) is 0 Å². The fraction of sp³-hybridized carbons (Fsp3) is 0.235. The highest BCUT2D eigenvalue weighted by atomic mass is 16.6. The van der Waals surface area contributed by atoms with E-state index in [1.54, 1.807) is 13.0 Å². The number of para-hydroxylation sites is 1. The van der Waals surface area contributed by atoms with Crippen LogP contribution in [0.4, 0.5) is 11.4 Å². The van der Waals surface area contributed by atoms with Crippen molar-refractivity contribution in [3.8, 4) is 0 Å². The second-order valence-corrected chi connectivity index (χ2v) is 5.12. The van der Waals surface area contributed by atoms with E-state index >= 15 is 0 Å². The molecule has 0 aromatic heterocycles. The zero-order chi connectivity index (χ0) is 16.3. The Hall–Kier alpha value is -2.69. The molecule has 5 nitrogen and oxygen atoms in total.